The van der Waals surface area contributed by atoms with Crippen molar-refractivity contribution in [2.75, 3.05) is 20.2 Å². The minimum atomic E-state index is -1.21. The van der Waals surface area contributed by atoms with Crippen molar-refractivity contribution in [2.45, 2.75) is 102 Å². The molecule has 14 nitrogen and oxygen atoms in total. The highest BCUT2D eigenvalue weighted by atomic mass is 16.5. The molecule has 4 heterocycles. The van der Waals surface area contributed by atoms with Gasteiger partial charge in [-0.25, -0.2) is 19.6 Å². The van der Waals surface area contributed by atoms with Crippen molar-refractivity contribution in [3.05, 3.63) is 71.6 Å². The van der Waals surface area contributed by atoms with E-state index < -0.39 is 24.3 Å². The maximum absolute atomic E-state index is 13.7. The number of aromatic nitrogens is 4. The van der Waals surface area contributed by atoms with E-state index in [0.29, 0.717) is 18.9 Å². The highest BCUT2D eigenvalue weighted by Gasteiger charge is 2.48. The third-order valence-electron chi connectivity index (χ3n) is 12.7. The summed E-state index contributed by atoms with van der Waals surface area (Å²) < 4.78 is 4.79. The number of rotatable bonds is 10. The molecule has 2 aliphatic carbocycles. The van der Waals surface area contributed by atoms with Crippen LogP contribution in [0, 0.1) is 11.8 Å². The standard InChI is InChI=1S/C43H52N8O6/c1-23(2)35(48-41(54)55)39(52)50-17-6-9-33(50)37-44-21-31(46-37)25-11-13-27-28-14-12-26(20-30(28)43(15-8-16-43)29(27)19-25)32-22-45-38(47-32)34-10-7-18-51(34)40(53)36(24(3)4)49-42(56)57-5/h11-14,19-24,33-36,48H,6-10,15-18H2,1-5H3,(H,44,46)(H,45,47)(H,49,56)(H,54,55)/t33-,34?,35-,36-/m0/s1. The van der Waals surface area contributed by atoms with Gasteiger partial charge in [0.1, 0.15) is 23.7 Å². The highest BCUT2D eigenvalue weighted by molar-refractivity contribution is 5.88. The number of hydrogen-bond acceptors (Lipinski definition) is 7. The van der Waals surface area contributed by atoms with Gasteiger partial charge in [-0.15, -0.1) is 0 Å². The Morgan fingerprint density at radius 1 is 0.754 bits per heavy atom. The summed E-state index contributed by atoms with van der Waals surface area (Å²) in [6.07, 6.45) is 8.33. The highest BCUT2D eigenvalue weighted by Crippen LogP contribution is 2.59. The number of hydrogen-bond donors (Lipinski definition) is 5. The van der Waals surface area contributed by atoms with Crippen LogP contribution in [0.5, 0.6) is 0 Å². The van der Waals surface area contributed by atoms with E-state index in [1.165, 1.54) is 29.4 Å². The first-order valence-corrected chi connectivity index (χ1v) is 20.2. The number of amides is 4. The van der Waals surface area contributed by atoms with Gasteiger partial charge in [0.15, 0.2) is 0 Å². The summed E-state index contributed by atoms with van der Waals surface area (Å²) in [5, 5.41) is 14.5. The van der Waals surface area contributed by atoms with Crippen molar-refractivity contribution < 1.29 is 29.0 Å². The SMILES string of the molecule is COC(=O)N[C@H](C(=O)N1CCCC1c1ncc(-c2ccc3c(c2)C2(CCC2)c2cc(-c4cnc([C@@H]5CCCN5C(=O)[C@@H](NC(=O)O)C(C)C)[nH]4)ccc2-3)[nH]1)C(C)C. The molecule has 8 rings (SSSR count). The second-order valence-electron chi connectivity index (χ2n) is 16.7. The number of nitrogens with one attached hydrogen (secondary N) is 4. The van der Waals surface area contributed by atoms with Crippen molar-refractivity contribution in [1.29, 1.82) is 0 Å². The van der Waals surface area contributed by atoms with Crippen LogP contribution in [0.4, 0.5) is 9.59 Å². The van der Waals surface area contributed by atoms with Crippen molar-refractivity contribution >= 4 is 24.0 Å². The van der Waals surface area contributed by atoms with Crippen LogP contribution in [-0.2, 0) is 19.7 Å². The van der Waals surface area contributed by atoms with Crippen molar-refractivity contribution in [1.82, 2.24) is 40.4 Å². The fourth-order valence-corrected chi connectivity index (χ4v) is 9.54. The minimum Gasteiger partial charge on any atom is -0.465 e. The Bertz CT molecular complexity index is 2200. The maximum Gasteiger partial charge on any atom is 0.407 e. The molecule has 2 aliphatic heterocycles. The number of alkyl carbamates (subject to hydrolysis) is 1. The smallest absolute Gasteiger partial charge is 0.407 e. The van der Waals surface area contributed by atoms with Gasteiger partial charge in [-0.2, -0.15) is 0 Å². The molecule has 2 aromatic carbocycles. The summed E-state index contributed by atoms with van der Waals surface area (Å²) in [7, 11) is 1.30. The average molecular weight is 777 g/mol. The van der Waals surface area contributed by atoms with Crippen LogP contribution < -0.4 is 10.6 Å². The van der Waals surface area contributed by atoms with Gasteiger partial charge in [0.25, 0.3) is 0 Å². The van der Waals surface area contributed by atoms with Crippen LogP contribution in [0.3, 0.4) is 0 Å². The van der Waals surface area contributed by atoms with E-state index in [-0.39, 0.29) is 41.1 Å². The van der Waals surface area contributed by atoms with Crippen LogP contribution >= 0.6 is 0 Å². The molecule has 0 bridgehead atoms. The molecule has 2 aromatic heterocycles. The molecule has 2 saturated heterocycles. The summed E-state index contributed by atoms with van der Waals surface area (Å²) in [4.78, 5) is 71.0. The third-order valence-corrected chi connectivity index (χ3v) is 12.7. The number of fused-ring (bicyclic) bond motifs is 5. The van der Waals surface area contributed by atoms with Crippen molar-refractivity contribution in [2.24, 2.45) is 11.8 Å². The van der Waals surface area contributed by atoms with E-state index in [1.807, 2.05) is 45.0 Å². The first kappa shape index (κ1) is 38.2. The van der Waals surface area contributed by atoms with Gasteiger partial charge >= 0.3 is 12.2 Å². The molecule has 14 heteroatoms. The molecule has 300 valence electrons. The molecule has 4 amide bonds. The number of aromatic amines is 2. The number of H-pyrrole nitrogens is 2. The van der Waals surface area contributed by atoms with Gasteiger partial charge in [-0.3, -0.25) is 9.59 Å². The summed E-state index contributed by atoms with van der Waals surface area (Å²) in [6.45, 7) is 8.66. The molecule has 4 aromatic rings. The Hall–Kier alpha value is -5.66. The molecule has 0 radical (unpaired) electrons. The van der Waals surface area contributed by atoms with Crippen LogP contribution in [0.1, 0.15) is 108 Å². The first-order chi connectivity index (χ1) is 27.4. The van der Waals surface area contributed by atoms with E-state index in [0.717, 1.165) is 73.3 Å². The molecule has 57 heavy (non-hydrogen) atoms. The third kappa shape index (κ3) is 6.72. The van der Waals surface area contributed by atoms with Gasteiger partial charge in [0.2, 0.25) is 11.8 Å². The Labute approximate surface area is 332 Å². The Kier molecular flexibility index (Phi) is 10.1. The van der Waals surface area contributed by atoms with E-state index in [9.17, 15) is 24.3 Å². The lowest BCUT2D eigenvalue weighted by atomic mass is 9.62. The molecular formula is C43H52N8O6. The molecule has 1 unspecified atom stereocenters. The molecule has 4 aliphatic rings. The summed E-state index contributed by atoms with van der Waals surface area (Å²) in [5.74, 6) is 0.796. The molecule has 3 fully saturated rings. The van der Waals surface area contributed by atoms with Gasteiger partial charge in [-0.05, 0) is 95.9 Å². The predicted octanol–water partition coefficient (Wildman–Crippen LogP) is 6.92. The summed E-state index contributed by atoms with van der Waals surface area (Å²) >= 11 is 0. The summed E-state index contributed by atoms with van der Waals surface area (Å²) in [6, 6.07) is 11.3. The quantitative estimate of drug-likeness (QED) is 0.115. The summed E-state index contributed by atoms with van der Waals surface area (Å²) in [5.41, 5.74) is 8.88. The van der Waals surface area contributed by atoms with Gasteiger partial charge < -0.3 is 40.2 Å². The predicted molar refractivity (Wildman–Crippen MR) is 213 cm³/mol. The fourth-order valence-electron chi connectivity index (χ4n) is 9.54. The second kappa shape index (κ2) is 15.0. The number of benzene rings is 2. The van der Waals surface area contributed by atoms with Gasteiger partial charge in [0.05, 0.1) is 43.0 Å². The van der Waals surface area contributed by atoms with Crippen LogP contribution in [0.15, 0.2) is 48.8 Å². The van der Waals surface area contributed by atoms with Crippen LogP contribution in [-0.4, -0.2) is 91.1 Å². The van der Waals surface area contributed by atoms with Crippen molar-refractivity contribution in [3.8, 4) is 33.6 Å². The van der Waals surface area contributed by atoms with E-state index >= 15 is 0 Å². The fraction of sp³-hybridized carbons (Fsp3) is 0.488. The second-order valence-corrected chi connectivity index (χ2v) is 16.7. The number of carboxylic acid groups (broad SMARTS) is 1. The molecular weight excluding hydrogens is 725 g/mol. The number of likely N-dealkylation sites (tertiary alicyclic amines) is 2. The number of imidazole rings is 2. The zero-order chi connectivity index (χ0) is 40.2. The zero-order valence-corrected chi connectivity index (χ0v) is 33.2. The number of nitrogens with zero attached hydrogens (tertiary/aromatic N) is 4. The largest absolute Gasteiger partial charge is 0.465 e. The molecule has 4 atom stereocenters. The normalized spacial score (nSPS) is 20.3. The van der Waals surface area contributed by atoms with E-state index in [4.69, 9.17) is 14.7 Å². The Morgan fingerprint density at radius 2 is 1.23 bits per heavy atom. The first-order valence-electron chi connectivity index (χ1n) is 20.2. The Morgan fingerprint density at radius 3 is 1.63 bits per heavy atom. The van der Waals surface area contributed by atoms with Crippen molar-refractivity contribution in [3.63, 3.8) is 0 Å². The lowest BCUT2D eigenvalue weighted by molar-refractivity contribution is -0.136. The topological polar surface area (TPSA) is 186 Å². The lowest BCUT2D eigenvalue weighted by Crippen LogP contribution is -2.51. The number of ether oxygens (including phenoxy) is 1. The number of carbonyl (C=O) groups is 4. The minimum absolute atomic E-state index is 0.0901. The number of methoxy groups -OCH3 is 1. The molecule has 5 N–H and O–H groups in total. The average Bonchev–Trinajstić information content (AvgIpc) is 4.02. The van der Waals surface area contributed by atoms with Gasteiger partial charge in [0, 0.05) is 18.5 Å². The van der Waals surface area contributed by atoms with E-state index in [2.05, 4.69) is 57.0 Å². The maximum atomic E-state index is 13.7. The number of carbonyl (C=O) groups excluding carboxylic acids is 3. The molecule has 1 spiro atoms. The van der Waals surface area contributed by atoms with Gasteiger partial charge in [-0.1, -0.05) is 58.4 Å². The van der Waals surface area contributed by atoms with Crippen LogP contribution in [0.2, 0.25) is 0 Å². The monoisotopic (exact) mass is 776 g/mol. The van der Waals surface area contributed by atoms with E-state index in [1.54, 1.807) is 4.90 Å². The zero-order valence-electron chi connectivity index (χ0n) is 33.2. The Balaban J connectivity index is 1.03. The lowest BCUT2D eigenvalue weighted by Gasteiger charge is -2.41. The van der Waals surface area contributed by atoms with Crippen LogP contribution in [0.25, 0.3) is 33.6 Å². The molecule has 1 saturated carbocycles.